The average Bonchev–Trinajstić information content (AvgIpc) is 3.38. The number of para-hydroxylation sites is 2. The van der Waals surface area contributed by atoms with E-state index in [1.807, 2.05) is 30.3 Å². The maximum atomic E-state index is 13.7. The van der Waals surface area contributed by atoms with Crippen LogP contribution in [0, 0.1) is 0 Å². The molecule has 228 valence electrons. The van der Waals surface area contributed by atoms with Gasteiger partial charge in [-0.1, -0.05) is 72.8 Å². The van der Waals surface area contributed by atoms with Crippen molar-refractivity contribution in [2.75, 3.05) is 5.75 Å². The van der Waals surface area contributed by atoms with Crippen LogP contribution in [0.2, 0.25) is 0 Å². The van der Waals surface area contributed by atoms with Crippen LogP contribution >= 0.6 is 0 Å². The first-order valence-corrected chi connectivity index (χ1v) is 15.8. The van der Waals surface area contributed by atoms with Crippen LogP contribution in [0.1, 0.15) is 50.3 Å². The first-order chi connectivity index (χ1) is 20.4. The Morgan fingerprint density at radius 1 is 0.907 bits per heavy atom. The fourth-order valence-corrected chi connectivity index (χ4v) is 6.08. The predicted octanol–water partition coefficient (Wildman–Crippen LogP) is 4.49. The number of aryl methyl sites for hydroxylation is 1. The number of carbonyl (C=O) groups excluding carboxylic acids is 2. The van der Waals surface area contributed by atoms with Crippen LogP contribution in [-0.4, -0.2) is 53.9 Å². The van der Waals surface area contributed by atoms with Crippen LogP contribution in [0.5, 0.6) is 0 Å². The molecule has 0 bridgehead atoms. The van der Waals surface area contributed by atoms with Crippen molar-refractivity contribution in [2.45, 2.75) is 63.2 Å². The van der Waals surface area contributed by atoms with E-state index in [2.05, 4.69) is 15.6 Å². The molecule has 1 aromatic heterocycles. The summed E-state index contributed by atoms with van der Waals surface area (Å²) in [6, 6.07) is 22.7. The van der Waals surface area contributed by atoms with Gasteiger partial charge in [0.05, 0.1) is 17.5 Å². The van der Waals surface area contributed by atoms with Crippen LogP contribution in [0.25, 0.3) is 11.1 Å². The van der Waals surface area contributed by atoms with E-state index in [1.165, 1.54) is 0 Å². The molecular formula is C32H37N3O7S. The zero-order valence-corrected chi connectivity index (χ0v) is 25.2. The fraction of sp³-hybridized carbons (Fsp3) is 0.344. The van der Waals surface area contributed by atoms with Crippen molar-refractivity contribution in [2.24, 2.45) is 0 Å². The molecule has 2 amide bonds. The van der Waals surface area contributed by atoms with Crippen molar-refractivity contribution >= 4 is 32.9 Å². The van der Waals surface area contributed by atoms with Crippen molar-refractivity contribution in [1.82, 2.24) is 15.6 Å². The van der Waals surface area contributed by atoms with E-state index in [-0.39, 0.29) is 18.1 Å². The maximum Gasteiger partial charge on any atom is 0.408 e. The normalized spacial score (nSPS) is 14.0. The van der Waals surface area contributed by atoms with Gasteiger partial charge in [0.25, 0.3) is 0 Å². The Morgan fingerprint density at radius 2 is 1.51 bits per heavy atom. The lowest BCUT2D eigenvalue weighted by molar-refractivity contribution is -0.124. The summed E-state index contributed by atoms with van der Waals surface area (Å²) >= 11 is 0. The van der Waals surface area contributed by atoms with Crippen LogP contribution in [0.15, 0.2) is 89.3 Å². The second kappa shape index (κ2) is 13.8. The van der Waals surface area contributed by atoms with Crippen molar-refractivity contribution < 1.29 is 32.3 Å². The highest BCUT2D eigenvalue weighted by Crippen LogP contribution is 2.24. The third-order valence-corrected chi connectivity index (χ3v) is 8.13. The maximum absolute atomic E-state index is 13.7. The number of benzene rings is 3. The number of oxazole rings is 1. The van der Waals surface area contributed by atoms with Gasteiger partial charge in [-0.15, -0.1) is 0 Å². The van der Waals surface area contributed by atoms with Crippen LogP contribution < -0.4 is 10.6 Å². The van der Waals surface area contributed by atoms with Gasteiger partial charge in [0.2, 0.25) is 11.8 Å². The van der Waals surface area contributed by atoms with Crippen molar-refractivity contribution in [1.29, 1.82) is 0 Å². The zero-order valence-electron chi connectivity index (χ0n) is 24.4. The topological polar surface area (TPSA) is 148 Å². The fourth-order valence-electron chi connectivity index (χ4n) is 4.52. The van der Waals surface area contributed by atoms with Gasteiger partial charge in [0.15, 0.2) is 21.5 Å². The Bertz CT molecular complexity index is 1580. The lowest BCUT2D eigenvalue weighted by atomic mass is 10.0. The lowest BCUT2D eigenvalue weighted by Gasteiger charge is -2.27. The number of ether oxygens (including phenoxy) is 1. The minimum absolute atomic E-state index is 0.00733. The molecule has 4 rings (SSSR count). The van der Waals surface area contributed by atoms with E-state index in [0.717, 1.165) is 5.56 Å². The highest BCUT2D eigenvalue weighted by molar-refractivity contribution is 7.90. The molecule has 0 aliphatic carbocycles. The van der Waals surface area contributed by atoms with Crippen molar-refractivity contribution in [3.8, 4) is 0 Å². The first-order valence-electron chi connectivity index (χ1n) is 14.0. The van der Waals surface area contributed by atoms with Crippen molar-refractivity contribution in [3.05, 3.63) is 102 Å². The Hall–Kier alpha value is -4.22. The summed E-state index contributed by atoms with van der Waals surface area (Å²) in [5, 5.41) is 16.5. The molecule has 0 radical (unpaired) electrons. The summed E-state index contributed by atoms with van der Waals surface area (Å²) in [4.78, 5) is 30.8. The number of amides is 2. The molecule has 3 aromatic carbocycles. The number of rotatable bonds is 12. The number of fused-ring (bicyclic) bond motifs is 1. The average molecular weight is 608 g/mol. The summed E-state index contributed by atoms with van der Waals surface area (Å²) in [6.45, 7) is 4.97. The van der Waals surface area contributed by atoms with Gasteiger partial charge in [-0.05, 0) is 56.9 Å². The minimum Gasteiger partial charge on any atom is -0.444 e. The Kier molecular flexibility index (Phi) is 10.2. The second-order valence-corrected chi connectivity index (χ2v) is 13.5. The molecule has 0 aliphatic rings. The number of nitrogens with one attached hydrogen (secondary N) is 2. The van der Waals surface area contributed by atoms with Gasteiger partial charge in [-0.2, -0.15) is 0 Å². The number of carbonyl (C=O) groups is 2. The number of hydrogen-bond donors (Lipinski definition) is 3. The van der Waals surface area contributed by atoms with E-state index < -0.39 is 51.4 Å². The van der Waals surface area contributed by atoms with Gasteiger partial charge in [0.1, 0.15) is 17.2 Å². The molecule has 0 spiro atoms. The number of sulfone groups is 1. The molecule has 3 N–H and O–H groups in total. The van der Waals surface area contributed by atoms with E-state index >= 15 is 0 Å². The monoisotopic (exact) mass is 607 g/mol. The Labute approximate surface area is 251 Å². The Balaban J connectivity index is 1.58. The quantitative estimate of drug-likeness (QED) is 0.213. The number of hydrogen-bond acceptors (Lipinski definition) is 8. The molecular weight excluding hydrogens is 570 g/mol. The van der Waals surface area contributed by atoms with Gasteiger partial charge in [0, 0.05) is 0 Å². The molecule has 11 heteroatoms. The molecule has 1 unspecified atom stereocenters. The van der Waals surface area contributed by atoms with E-state index in [9.17, 15) is 23.1 Å². The molecule has 4 aromatic rings. The van der Waals surface area contributed by atoms with Gasteiger partial charge >= 0.3 is 6.09 Å². The van der Waals surface area contributed by atoms with Gasteiger partial charge in [-0.25, -0.2) is 18.2 Å². The molecule has 0 saturated carbocycles. The number of nitrogens with zero attached hydrogens (tertiary/aromatic N) is 1. The van der Waals surface area contributed by atoms with Gasteiger partial charge in [-0.3, -0.25) is 4.79 Å². The molecule has 43 heavy (non-hydrogen) atoms. The smallest absolute Gasteiger partial charge is 0.408 e. The minimum atomic E-state index is -3.87. The van der Waals surface area contributed by atoms with Crippen LogP contribution in [0.3, 0.4) is 0 Å². The van der Waals surface area contributed by atoms with E-state index in [4.69, 9.17) is 9.15 Å². The summed E-state index contributed by atoms with van der Waals surface area (Å²) in [7, 11) is -3.87. The molecule has 1 heterocycles. The van der Waals surface area contributed by atoms with Crippen LogP contribution in [0.4, 0.5) is 4.79 Å². The van der Waals surface area contributed by atoms with Crippen molar-refractivity contribution in [3.63, 3.8) is 0 Å². The zero-order chi connectivity index (χ0) is 31.0. The number of aliphatic hydroxyl groups excluding tert-OH is 1. The first kappa shape index (κ1) is 31.7. The standard InChI is InChI=1S/C32H37N3O7S/c1-32(2,3)42-31(38)35-26(21-43(39,40)20-23-14-8-5-9-15-23)29(37)33-25(19-18-22-12-6-4-7-13-22)28(36)30-34-24-16-10-11-17-27(24)41-30/h4-17,25-26,28,36H,18-21H2,1-3H3,(H,33,37)(H,35,38)/t25-,26-,28?/m0/s1. The molecule has 0 aliphatic heterocycles. The second-order valence-electron chi connectivity index (χ2n) is 11.3. The highest BCUT2D eigenvalue weighted by Gasteiger charge is 2.33. The molecule has 0 saturated heterocycles. The summed E-state index contributed by atoms with van der Waals surface area (Å²) in [6.07, 6.45) is -1.54. The Morgan fingerprint density at radius 3 is 2.14 bits per heavy atom. The SMILES string of the molecule is CC(C)(C)OC(=O)N[C@@H](CS(=O)(=O)Cc1ccccc1)C(=O)N[C@@H](CCc1ccccc1)C(O)c1nc2ccccc2o1. The summed E-state index contributed by atoms with van der Waals surface area (Å²) in [5.74, 6) is -1.79. The molecule has 3 atom stereocenters. The van der Waals surface area contributed by atoms with Gasteiger partial charge < -0.3 is 24.9 Å². The largest absolute Gasteiger partial charge is 0.444 e. The number of alkyl carbamates (subject to hydrolysis) is 1. The molecule has 10 nitrogen and oxygen atoms in total. The molecule has 0 fully saturated rings. The third-order valence-electron chi connectivity index (χ3n) is 6.52. The van der Waals surface area contributed by atoms with E-state index in [0.29, 0.717) is 23.1 Å². The number of aromatic nitrogens is 1. The lowest BCUT2D eigenvalue weighted by Crippen LogP contribution is -2.54. The van der Waals surface area contributed by atoms with Crippen LogP contribution in [-0.2, 0) is 31.5 Å². The highest BCUT2D eigenvalue weighted by atomic mass is 32.2. The predicted molar refractivity (Wildman–Crippen MR) is 163 cm³/mol. The summed E-state index contributed by atoms with van der Waals surface area (Å²) < 4.78 is 37.5. The third kappa shape index (κ3) is 9.65. The summed E-state index contributed by atoms with van der Waals surface area (Å²) in [5.41, 5.74) is 1.66. The number of aliphatic hydroxyl groups is 1. The van der Waals surface area contributed by atoms with E-state index in [1.54, 1.807) is 75.4 Å².